The maximum atomic E-state index is 6.14. The van der Waals surface area contributed by atoms with Crippen LogP contribution in [0, 0.1) is 0 Å². The quantitative estimate of drug-likeness (QED) is 0.330. The zero-order valence-electron chi connectivity index (χ0n) is 8.21. The average molecular weight is 227 g/mol. The van der Waals surface area contributed by atoms with Crippen molar-refractivity contribution in [3.05, 3.63) is 0 Å². The van der Waals surface area contributed by atoms with Crippen LogP contribution in [0.15, 0.2) is 0 Å². The van der Waals surface area contributed by atoms with Crippen LogP contribution in [-0.4, -0.2) is 6.69 Å². The van der Waals surface area contributed by atoms with Crippen molar-refractivity contribution in [3.8, 4) is 0 Å². The van der Waals surface area contributed by atoms with Gasteiger partial charge in [-0.3, -0.25) is 0 Å². The van der Waals surface area contributed by atoms with Crippen LogP contribution in [0.3, 0.4) is 0 Å². The lowest BCUT2D eigenvalue weighted by Crippen LogP contribution is -2.16. The van der Waals surface area contributed by atoms with Gasteiger partial charge in [0.15, 0.2) is 0 Å². The van der Waals surface area contributed by atoms with Crippen molar-refractivity contribution in [3.63, 3.8) is 0 Å². The highest BCUT2D eigenvalue weighted by molar-refractivity contribution is 7.45. The van der Waals surface area contributed by atoms with Crippen LogP contribution in [0.1, 0.15) is 46.0 Å². The van der Waals surface area contributed by atoms with Gasteiger partial charge in [0, 0.05) is 0 Å². The Morgan fingerprint density at radius 2 is 1.50 bits per heavy atom. The van der Waals surface area contributed by atoms with Gasteiger partial charge >= 0.3 is 0 Å². The first-order chi connectivity index (χ1) is 5.62. The minimum Gasteiger partial charge on any atom is -0.146 e. The first-order valence-corrected chi connectivity index (χ1v) is 9.44. The molecule has 0 aromatic carbocycles. The van der Waals surface area contributed by atoms with Crippen molar-refractivity contribution in [2.45, 2.75) is 58.0 Å². The van der Waals surface area contributed by atoms with E-state index in [1.54, 1.807) is 0 Å². The molecule has 0 radical (unpaired) electrons. The number of halogens is 2. The molecule has 74 valence electrons. The van der Waals surface area contributed by atoms with Crippen molar-refractivity contribution in [1.82, 2.24) is 0 Å². The molecule has 0 saturated carbocycles. The summed E-state index contributed by atoms with van der Waals surface area (Å²) in [5, 5.41) is 0. The van der Waals surface area contributed by atoms with E-state index in [0.29, 0.717) is 0 Å². The molecule has 0 saturated heterocycles. The predicted octanol–water partition coefficient (Wildman–Crippen LogP) is 4.90. The summed E-state index contributed by atoms with van der Waals surface area (Å²) in [4.78, 5) is 0. The van der Waals surface area contributed by atoms with Gasteiger partial charge in [0.05, 0.1) is 0 Å². The fourth-order valence-corrected chi connectivity index (χ4v) is 3.09. The molecule has 0 amide bonds. The largest absolute Gasteiger partial charge is 0.251 e. The molecule has 0 bridgehead atoms. The molecule has 0 N–H and O–H groups in total. The first kappa shape index (κ1) is 12.8. The molecule has 0 aliphatic carbocycles. The lowest BCUT2D eigenvalue weighted by molar-refractivity contribution is 0.654. The molecular formula is C9H20Cl2Si. The third kappa shape index (κ3) is 7.45. The Hall–Kier alpha value is 0.797. The van der Waals surface area contributed by atoms with E-state index in [0.717, 1.165) is 12.1 Å². The summed E-state index contributed by atoms with van der Waals surface area (Å²) in [7, 11) is 0. The van der Waals surface area contributed by atoms with Gasteiger partial charge in [0.1, 0.15) is 0 Å². The summed E-state index contributed by atoms with van der Waals surface area (Å²) in [6, 6.07) is 2.07. The SMILES string of the molecule is CCCCCCC[Si](Cl)(Cl)CC. The maximum Gasteiger partial charge on any atom is 0.251 e. The molecule has 0 rings (SSSR count). The summed E-state index contributed by atoms with van der Waals surface area (Å²) in [5.41, 5.74) is 0. The zero-order valence-corrected chi connectivity index (χ0v) is 10.7. The van der Waals surface area contributed by atoms with Crippen molar-refractivity contribution >= 4 is 28.9 Å². The van der Waals surface area contributed by atoms with Gasteiger partial charge in [-0.05, 0) is 12.1 Å². The molecule has 0 fully saturated rings. The summed E-state index contributed by atoms with van der Waals surface area (Å²) in [5.74, 6) is 0. The summed E-state index contributed by atoms with van der Waals surface area (Å²) < 4.78 is 0. The smallest absolute Gasteiger partial charge is 0.146 e. The van der Waals surface area contributed by atoms with Crippen molar-refractivity contribution in [2.24, 2.45) is 0 Å². The monoisotopic (exact) mass is 226 g/mol. The van der Waals surface area contributed by atoms with E-state index < -0.39 is 6.69 Å². The Kier molecular flexibility index (Phi) is 7.70. The minimum absolute atomic E-state index is 0.990. The first-order valence-electron chi connectivity index (χ1n) is 5.00. The van der Waals surface area contributed by atoms with Gasteiger partial charge in [-0.1, -0.05) is 46.0 Å². The van der Waals surface area contributed by atoms with Gasteiger partial charge in [0.2, 0.25) is 0 Å². The van der Waals surface area contributed by atoms with E-state index in [1.807, 2.05) is 0 Å². The third-order valence-electron chi connectivity index (χ3n) is 2.16. The molecule has 0 aliphatic rings. The second kappa shape index (κ2) is 7.22. The summed E-state index contributed by atoms with van der Waals surface area (Å²) in [6.45, 7) is 2.53. The summed E-state index contributed by atoms with van der Waals surface area (Å²) in [6.07, 6.45) is 6.54. The van der Waals surface area contributed by atoms with Crippen LogP contribution in [-0.2, 0) is 0 Å². The van der Waals surface area contributed by atoms with Crippen LogP contribution in [0.25, 0.3) is 0 Å². The number of rotatable bonds is 7. The average Bonchev–Trinajstić information content (AvgIpc) is 2.04. The normalized spacial score (nSPS) is 12.0. The highest BCUT2D eigenvalue weighted by Crippen LogP contribution is 2.27. The second-order valence-corrected chi connectivity index (χ2v) is 11.2. The Morgan fingerprint density at radius 3 is 2.00 bits per heavy atom. The molecule has 12 heavy (non-hydrogen) atoms. The van der Waals surface area contributed by atoms with Gasteiger partial charge in [0.25, 0.3) is 6.69 Å². The molecule has 0 aromatic rings. The Labute approximate surface area is 87.1 Å². The number of unbranched alkanes of at least 4 members (excludes halogenated alkanes) is 4. The van der Waals surface area contributed by atoms with E-state index in [-0.39, 0.29) is 0 Å². The van der Waals surface area contributed by atoms with Gasteiger partial charge in [-0.25, -0.2) is 0 Å². The topological polar surface area (TPSA) is 0 Å². The van der Waals surface area contributed by atoms with Crippen LogP contribution in [0.4, 0.5) is 0 Å². The van der Waals surface area contributed by atoms with E-state index in [2.05, 4.69) is 13.8 Å². The Balaban J connectivity index is 3.19. The van der Waals surface area contributed by atoms with Gasteiger partial charge < -0.3 is 0 Å². The Bertz CT molecular complexity index is 105. The molecule has 0 spiro atoms. The summed E-state index contributed by atoms with van der Waals surface area (Å²) >= 11 is 12.3. The maximum absolute atomic E-state index is 6.14. The van der Waals surface area contributed by atoms with Gasteiger partial charge in [-0.2, -0.15) is 0 Å². The molecule has 0 heterocycles. The van der Waals surface area contributed by atoms with Crippen LogP contribution in [0.5, 0.6) is 0 Å². The molecule has 0 nitrogen and oxygen atoms in total. The molecule has 0 atom stereocenters. The minimum atomic E-state index is -1.79. The van der Waals surface area contributed by atoms with Crippen LogP contribution < -0.4 is 0 Å². The number of hydrogen-bond donors (Lipinski definition) is 0. The molecule has 0 aliphatic heterocycles. The van der Waals surface area contributed by atoms with Gasteiger partial charge in [-0.15, -0.1) is 22.2 Å². The van der Waals surface area contributed by atoms with E-state index in [4.69, 9.17) is 22.2 Å². The lowest BCUT2D eigenvalue weighted by atomic mass is 10.2. The van der Waals surface area contributed by atoms with Crippen molar-refractivity contribution in [1.29, 1.82) is 0 Å². The second-order valence-electron chi connectivity index (χ2n) is 3.37. The standard InChI is InChI=1S/C9H20Cl2Si/c1-3-5-6-7-8-9-12(10,11)4-2/h3-9H2,1-2H3. The van der Waals surface area contributed by atoms with Crippen LogP contribution >= 0.6 is 22.2 Å². The molecule has 0 aromatic heterocycles. The van der Waals surface area contributed by atoms with Crippen molar-refractivity contribution < 1.29 is 0 Å². The predicted molar refractivity (Wildman–Crippen MR) is 61.5 cm³/mol. The van der Waals surface area contributed by atoms with E-state index >= 15 is 0 Å². The van der Waals surface area contributed by atoms with Crippen molar-refractivity contribution in [2.75, 3.05) is 0 Å². The highest BCUT2D eigenvalue weighted by atomic mass is 35.7. The Morgan fingerprint density at radius 1 is 0.917 bits per heavy atom. The van der Waals surface area contributed by atoms with Crippen LogP contribution in [0.2, 0.25) is 12.1 Å². The fraction of sp³-hybridized carbons (Fsp3) is 1.00. The number of hydrogen-bond acceptors (Lipinski definition) is 0. The molecular weight excluding hydrogens is 207 g/mol. The van der Waals surface area contributed by atoms with E-state index in [9.17, 15) is 0 Å². The molecule has 3 heteroatoms. The highest BCUT2D eigenvalue weighted by Gasteiger charge is 2.24. The zero-order chi connectivity index (χ0) is 9.45. The lowest BCUT2D eigenvalue weighted by Gasteiger charge is -2.12. The third-order valence-corrected chi connectivity index (χ3v) is 7.02. The fourth-order valence-electron chi connectivity index (χ4n) is 1.16. The molecule has 0 unspecified atom stereocenters. The van der Waals surface area contributed by atoms with E-state index in [1.165, 1.54) is 32.1 Å².